The van der Waals surface area contributed by atoms with Crippen LogP contribution in [0.15, 0.2) is 46.3 Å². The highest BCUT2D eigenvalue weighted by molar-refractivity contribution is 7.13. The maximum Gasteiger partial charge on any atom is 0.319 e. The quantitative estimate of drug-likeness (QED) is 0.721. The normalized spacial score (nSPS) is 11.9. The van der Waals surface area contributed by atoms with E-state index in [1.807, 2.05) is 55.6 Å². The first-order valence-corrected chi connectivity index (χ1v) is 8.59. The van der Waals surface area contributed by atoms with Crippen molar-refractivity contribution in [1.82, 2.24) is 15.5 Å². The Balaban J connectivity index is 1.67. The fourth-order valence-corrected chi connectivity index (χ4v) is 2.68. The van der Waals surface area contributed by atoms with Crippen LogP contribution in [0.25, 0.3) is 22.2 Å². The minimum Gasteiger partial charge on any atom is -0.335 e. The molecule has 0 aliphatic rings. The lowest BCUT2D eigenvalue weighted by atomic mass is 10.2. The summed E-state index contributed by atoms with van der Waals surface area (Å²) in [5.41, 5.74) is 1.54. The largest absolute Gasteiger partial charge is 0.335 e. The Hall–Kier alpha value is -2.67. The molecule has 6 nitrogen and oxygen atoms in total. The third-order valence-corrected chi connectivity index (χ3v) is 4.41. The molecule has 7 heteroatoms. The molecule has 1 atom stereocenters. The maximum atomic E-state index is 11.8. The number of benzene rings is 1. The zero-order valence-corrected chi connectivity index (χ0v) is 14.3. The number of thiophene rings is 1. The summed E-state index contributed by atoms with van der Waals surface area (Å²) in [4.78, 5) is 17.1. The summed E-state index contributed by atoms with van der Waals surface area (Å²) in [5.74, 6) is 1.03. The summed E-state index contributed by atoms with van der Waals surface area (Å²) < 4.78 is 5.28. The summed E-state index contributed by atoms with van der Waals surface area (Å²) in [6.45, 7) is 3.99. The number of carbonyl (C=O) groups is 1. The van der Waals surface area contributed by atoms with Gasteiger partial charge >= 0.3 is 6.03 Å². The number of hydrogen-bond donors (Lipinski definition) is 2. The zero-order chi connectivity index (χ0) is 16.9. The van der Waals surface area contributed by atoms with Crippen LogP contribution in [0.3, 0.4) is 0 Å². The van der Waals surface area contributed by atoms with Gasteiger partial charge in [-0.3, -0.25) is 0 Å². The van der Waals surface area contributed by atoms with Crippen LogP contribution in [0, 0.1) is 0 Å². The van der Waals surface area contributed by atoms with Crippen LogP contribution in [0.2, 0.25) is 0 Å². The molecule has 1 aromatic carbocycles. The van der Waals surface area contributed by atoms with Crippen molar-refractivity contribution < 1.29 is 9.32 Å². The van der Waals surface area contributed by atoms with Crippen molar-refractivity contribution in [1.29, 1.82) is 0 Å². The van der Waals surface area contributed by atoms with E-state index in [0.717, 1.165) is 16.9 Å². The lowest BCUT2D eigenvalue weighted by Gasteiger charge is -2.12. The van der Waals surface area contributed by atoms with Gasteiger partial charge < -0.3 is 15.2 Å². The van der Waals surface area contributed by atoms with Gasteiger partial charge in [0.2, 0.25) is 5.82 Å². The van der Waals surface area contributed by atoms with Gasteiger partial charge in [0.05, 0.1) is 4.88 Å². The summed E-state index contributed by atoms with van der Waals surface area (Å²) in [6.07, 6.45) is 0.886. The van der Waals surface area contributed by atoms with Gasteiger partial charge in [0, 0.05) is 17.3 Å². The molecule has 0 unspecified atom stereocenters. The van der Waals surface area contributed by atoms with Crippen LogP contribution in [-0.4, -0.2) is 22.2 Å². The van der Waals surface area contributed by atoms with Gasteiger partial charge in [-0.2, -0.15) is 4.98 Å². The van der Waals surface area contributed by atoms with Crippen molar-refractivity contribution in [2.24, 2.45) is 0 Å². The molecule has 124 valence electrons. The van der Waals surface area contributed by atoms with Crippen LogP contribution in [-0.2, 0) is 0 Å². The molecule has 0 radical (unpaired) electrons. The molecule has 3 rings (SSSR count). The first-order valence-electron chi connectivity index (χ1n) is 7.71. The average Bonchev–Trinajstić information content (AvgIpc) is 3.26. The summed E-state index contributed by atoms with van der Waals surface area (Å²) >= 11 is 1.55. The van der Waals surface area contributed by atoms with Crippen LogP contribution < -0.4 is 10.6 Å². The Morgan fingerprint density at radius 3 is 2.75 bits per heavy atom. The summed E-state index contributed by atoms with van der Waals surface area (Å²) in [7, 11) is 0. The molecule has 2 amide bonds. The van der Waals surface area contributed by atoms with Crippen molar-refractivity contribution in [3.05, 3.63) is 41.8 Å². The first-order chi connectivity index (χ1) is 11.7. The van der Waals surface area contributed by atoms with Gasteiger partial charge in [-0.15, -0.1) is 11.3 Å². The molecule has 0 spiro atoms. The third-order valence-electron chi connectivity index (χ3n) is 3.55. The first kappa shape index (κ1) is 16.2. The molecule has 0 fully saturated rings. The molecule has 24 heavy (non-hydrogen) atoms. The molecule has 3 aromatic rings. The van der Waals surface area contributed by atoms with E-state index in [0.29, 0.717) is 17.4 Å². The number of urea groups is 1. The second-order valence-corrected chi connectivity index (χ2v) is 6.33. The number of rotatable bonds is 5. The Morgan fingerprint density at radius 1 is 1.29 bits per heavy atom. The molecular weight excluding hydrogens is 324 g/mol. The van der Waals surface area contributed by atoms with Gasteiger partial charge in [0.15, 0.2) is 0 Å². The lowest BCUT2D eigenvalue weighted by Crippen LogP contribution is -2.35. The molecule has 0 bridgehead atoms. The highest BCUT2D eigenvalue weighted by atomic mass is 32.1. The van der Waals surface area contributed by atoms with Crippen molar-refractivity contribution in [3.63, 3.8) is 0 Å². The topological polar surface area (TPSA) is 80.0 Å². The number of carbonyl (C=O) groups excluding carboxylic acids is 1. The fourth-order valence-electron chi connectivity index (χ4n) is 2.04. The summed E-state index contributed by atoms with van der Waals surface area (Å²) in [6, 6.07) is 11.1. The molecule has 2 aromatic heterocycles. The van der Waals surface area contributed by atoms with Gasteiger partial charge in [-0.05, 0) is 49.1 Å². The second kappa shape index (κ2) is 7.27. The van der Waals surface area contributed by atoms with E-state index in [4.69, 9.17) is 4.52 Å². The molecule has 2 N–H and O–H groups in total. The van der Waals surface area contributed by atoms with Crippen molar-refractivity contribution in [3.8, 4) is 22.2 Å². The number of amides is 2. The predicted molar refractivity (Wildman–Crippen MR) is 95.0 cm³/mol. The van der Waals surface area contributed by atoms with E-state index < -0.39 is 0 Å². The van der Waals surface area contributed by atoms with Crippen LogP contribution >= 0.6 is 11.3 Å². The summed E-state index contributed by atoms with van der Waals surface area (Å²) in [5, 5.41) is 11.6. The number of nitrogens with one attached hydrogen (secondary N) is 2. The van der Waals surface area contributed by atoms with E-state index in [1.54, 1.807) is 11.3 Å². The van der Waals surface area contributed by atoms with Gasteiger partial charge in [-0.25, -0.2) is 4.79 Å². The number of anilines is 1. The average molecular weight is 342 g/mol. The van der Waals surface area contributed by atoms with Crippen molar-refractivity contribution >= 4 is 23.1 Å². The molecular formula is C17H18N4O2S. The Bertz CT molecular complexity index is 796. The monoisotopic (exact) mass is 342 g/mol. The number of hydrogen-bond acceptors (Lipinski definition) is 5. The van der Waals surface area contributed by atoms with Gasteiger partial charge in [-0.1, -0.05) is 18.1 Å². The van der Waals surface area contributed by atoms with Gasteiger partial charge in [0.1, 0.15) is 0 Å². The highest BCUT2D eigenvalue weighted by Gasteiger charge is 2.11. The van der Waals surface area contributed by atoms with Crippen molar-refractivity contribution in [2.75, 3.05) is 5.32 Å². The Morgan fingerprint density at radius 2 is 2.08 bits per heavy atom. The van der Waals surface area contributed by atoms with Gasteiger partial charge in [0.25, 0.3) is 5.89 Å². The van der Waals surface area contributed by atoms with Crippen LogP contribution in [0.1, 0.15) is 20.3 Å². The van der Waals surface area contributed by atoms with Crippen LogP contribution in [0.5, 0.6) is 0 Å². The third kappa shape index (κ3) is 3.80. The Labute approximate surface area is 143 Å². The Kier molecular flexibility index (Phi) is 4.90. The minimum atomic E-state index is -0.211. The molecule has 0 aliphatic carbocycles. The molecule has 0 aliphatic heterocycles. The van der Waals surface area contributed by atoms with E-state index in [-0.39, 0.29) is 12.1 Å². The predicted octanol–water partition coefficient (Wildman–Crippen LogP) is 4.39. The maximum absolute atomic E-state index is 11.8. The van der Waals surface area contributed by atoms with Crippen LogP contribution in [0.4, 0.5) is 10.5 Å². The number of nitrogens with zero attached hydrogens (tertiary/aromatic N) is 2. The standard InChI is InChI=1S/C17H18N4O2S/c1-3-11(2)18-17(22)19-13-8-6-12(7-9-13)15-20-16(23-21-15)14-5-4-10-24-14/h4-11H,3H2,1-2H3,(H2,18,19,22)/t11-/m1/s1. The van der Waals surface area contributed by atoms with Crippen molar-refractivity contribution in [2.45, 2.75) is 26.3 Å². The van der Waals surface area contributed by atoms with E-state index >= 15 is 0 Å². The van der Waals surface area contributed by atoms with E-state index in [9.17, 15) is 4.79 Å². The molecule has 2 heterocycles. The second-order valence-electron chi connectivity index (χ2n) is 5.39. The minimum absolute atomic E-state index is 0.138. The molecule has 0 saturated heterocycles. The fraction of sp³-hybridized carbons (Fsp3) is 0.235. The zero-order valence-electron chi connectivity index (χ0n) is 13.4. The number of aromatic nitrogens is 2. The molecule has 0 saturated carbocycles. The lowest BCUT2D eigenvalue weighted by molar-refractivity contribution is 0.249. The highest BCUT2D eigenvalue weighted by Crippen LogP contribution is 2.26. The van der Waals surface area contributed by atoms with E-state index in [1.165, 1.54) is 0 Å². The SMILES string of the molecule is CC[C@@H](C)NC(=O)Nc1ccc(-c2noc(-c3cccs3)n2)cc1. The smallest absolute Gasteiger partial charge is 0.319 e. The van der Waals surface area contributed by atoms with E-state index in [2.05, 4.69) is 20.8 Å².